The van der Waals surface area contributed by atoms with Crippen molar-refractivity contribution in [3.63, 3.8) is 0 Å². The Balaban J connectivity index is 1.81. The SMILES string of the molecule is COc1cc(-n2ccc(C(=O)NCCSSCCC(=O)O)n2)ccc1F. The topological polar surface area (TPSA) is 93.5 Å². The Morgan fingerprint density at radius 2 is 2.08 bits per heavy atom. The van der Waals surface area contributed by atoms with Gasteiger partial charge in [0, 0.05) is 30.3 Å². The van der Waals surface area contributed by atoms with E-state index in [0.29, 0.717) is 23.7 Å². The summed E-state index contributed by atoms with van der Waals surface area (Å²) >= 11 is 0. The van der Waals surface area contributed by atoms with Crippen LogP contribution < -0.4 is 10.1 Å². The van der Waals surface area contributed by atoms with E-state index < -0.39 is 11.8 Å². The van der Waals surface area contributed by atoms with E-state index >= 15 is 0 Å². The fourth-order valence-corrected chi connectivity index (χ4v) is 3.81. The molecule has 0 saturated heterocycles. The van der Waals surface area contributed by atoms with Crippen molar-refractivity contribution in [2.45, 2.75) is 6.42 Å². The van der Waals surface area contributed by atoms with Gasteiger partial charge in [0.2, 0.25) is 0 Å². The summed E-state index contributed by atoms with van der Waals surface area (Å²) in [6.45, 7) is 0.445. The summed E-state index contributed by atoms with van der Waals surface area (Å²) in [6, 6.07) is 5.88. The molecule has 0 bridgehead atoms. The maximum atomic E-state index is 13.5. The third-order valence-electron chi connectivity index (χ3n) is 3.17. The molecule has 0 atom stereocenters. The van der Waals surface area contributed by atoms with E-state index in [9.17, 15) is 14.0 Å². The third-order valence-corrected chi connectivity index (χ3v) is 5.58. The van der Waals surface area contributed by atoms with Gasteiger partial charge in [-0.05, 0) is 18.2 Å². The molecule has 0 aliphatic rings. The van der Waals surface area contributed by atoms with Crippen molar-refractivity contribution >= 4 is 33.5 Å². The van der Waals surface area contributed by atoms with Gasteiger partial charge in [0.25, 0.3) is 5.91 Å². The predicted octanol–water partition coefficient (Wildman–Crippen LogP) is 2.61. The molecule has 1 aromatic carbocycles. The lowest BCUT2D eigenvalue weighted by Gasteiger charge is -2.06. The van der Waals surface area contributed by atoms with E-state index in [1.807, 2.05) is 0 Å². The molecule has 7 nitrogen and oxygen atoms in total. The number of nitrogens with zero attached hydrogens (tertiary/aromatic N) is 2. The number of aliphatic carboxylic acids is 1. The highest BCUT2D eigenvalue weighted by Gasteiger charge is 2.11. The maximum Gasteiger partial charge on any atom is 0.304 e. The summed E-state index contributed by atoms with van der Waals surface area (Å²) in [5.41, 5.74) is 0.824. The summed E-state index contributed by atoms with van der Waals surface area (Å²) in [5.74, 6) is -0.318. The van der Waals surface area contributed by atoms with Crippen LogP contribution in [0.2, 0.25) is 0 Å². The molecule has 0 fully saturated rings. The molecule has 1 heterocycles. The van der Waals surface area contributed by atoms with Crippen molar-refractivity contribution in [2.24, 2.45) is 0 Å². The molecule has 0 unspecified atom stereocenters. The highest BCUT2D eigenvalue weighted by Crippen LogP contribution is 2.21. The summed E-state index contributed by atoms with van der Waals surface area (Å²) in [7, 11) is 4.34. The van der Waals surface area contributed by atoms with Crippen molar-refractivity contribution in [3.05, 3.63) is 42.0 Å². The minimum Gasteiger partial charge on any atom is -0.494 e. The number of carboxylic acid groups (broad SMARTS) is 1. The number of benzene rings is 1. The van der Waals surface area contributed by atoms with E-state index in [1.165, 1.54) is 51.6 Å². The van der Waals surface area contributed by atoms with Crippen molar-refractivity contribution in [1.29, 1.82) is 0 Å². The Kier molecular flexibility index (Phi) is 7.79. The van der Waals surface area contributed by atoms with Gasteiger partial charge in [0.05, 0.1) is 19.2 Å². The van der Waals surface area contributed by atoms with Gasteiger partial charge < -0.3 is 15.2 Å². The molecule has 0 spiro atoms. The van der Waals surface area contributed by atoms with E-state index in [4.69, 9.17) is 9.84 Å². The Labute approximate surface area is 157 Å². The molecule has 2 rings (SSSR count). The average molecular weight is 399 g/mol. The molecule has 0 saturated carbocycles. The summed E-state index contributed by atoms with van der Waals surface area (Å²) in [6.07, 6.45) is 1.73. The van der Waals surface area contributed by atoms with Crippen molar-refractivity contribution in [1.82, 2.24) is 15.1 Å². The number of methoxy groups -OCH3 is 1. The van der Waals surface area contributed by atoms with Crippen LogP contribution in [0, 0.1) is 5.82 Å². The molecule has 1 amide bonds. The molecule has 10 heteroatoms. The molecule has 2 N–H and O–H groups in total. The normalized spacial score (nSPS) is 10.5. The van der Waals surface area contributed by atoms with Crippen LogP contribution in [-0.4, -0.2) is 51.9 Å². The van der Waals surface area contributed by atoms with Gasteiger partial charge in [-0.25, -0.2) is 9.07 Å². The summed E-state index contributed by atoms with van der Waals surface area (Å²) in [5, 5.41) is 15.5. The fraction of sp³-hybridized carbons (Fsp3) is 0.312. The number of hydrogen-bond acceptors (Lipinski definition) is 6. The van der Waals surface area contributed by atoms with E-state index in [0.717, 1.165) is 0 Å². The second kappa shape index (κ2) is 10.1. The van der Waals surface area contributed by atoms with Gasteiger partial charge in [0.1, 0.15) is 0 Å². The number of halogens is 1. The zero-order valence-corrected chi connectivity index (χ0v) is 15.6. The van der Waals surface area contributed by atoms with Gasteiger partial charge in [-0.2, -0.15) is 5.10 Å². The number of rotatable bonds is 10. The Hall–Kier alpha value is -2.20. The van der Waals surface area contributed by atoms with Gasteiger partial charge in [-0.15, -0.1) is 0 Å². The van der Waals surface area contributed by atoms with Crippen LogP contribution in [0.5, 0.6) is 5.75 Å². The quantitative estimate of drug-likeness (QED) is 0.468. The van der Waals surface area contributed by atoms with Crippen LogP contribution in [0.3, 0.4) is 0 Å². The Morgan fingerprint density at radius 1 is 1.31 bits per heavy atom. The van der Waals surface area contributed by atoms with Crippen LogP contribution in [0.15, 0.2) is 30.5 Å². The number of carbonyl (C=O) groups is 2. The van der Waals surface area contributed by atoms with Crippen molar-refractivity contribution < 1.29 is 23.8 Å². The highest BCUT2D eigenvalue weighted by atomic mass is 33.1. The number of amides is 1. The first-order chi connectivity index (χ1) is 12.5. The zero-order chi connectivity index (χ0) is 18.9. The summed E-state index contributed by atoms with van der Waals surface area (Å²) < 4.78 is 19.9. The first-order valence-electron chi connectivity index (χ1n) is 7.65. The first-order valence-corrected chi connectivity index (χ1v) is 10.1. The molecular formula is C16H18FN3O4S2. The predicted molar refractivity (Wildman–Crippen MR) is 99.6 cm³/mol. The van der Waals surface area contributed by atoms with E-state index in [1.54, 1.807) is 12.3 Å². The number of carboxylic acids is 1. The molecule has 26 heavy (non-hydrogen) atoms. The number of hydrogen-bond donors (Lipinski definition) is 2. The molecule has 140 valence electrons. The molecular weight excluding hydrogens is 381 g/mol. The van der Waals surface area contributed by atoms with Crippen molar-refractivity contribution in [3.8, 4) is 11.4 Å². The van der Waals surface area contributed by atoms with Crippen LogP contribution in [0.4, 0.5) is 4.39 Å². The maximum absolute atomic E-state index is 13.5. The smallest absolute Gasteiger partial charge is 0.304 e. The Bertz CT molecular complexity index is 770. The number of nitrogens with one attached hydrogen (secondary N) is 1. The lowest BCUT2D eigenvalue weighted by Crippen LogP contribution is -2.26. The minimum atomic E-state index is -0.819. The molecule has 1 aromatic heterocycles. The minimum absolute atomic E-state index is 0.0985. The zero-order valence-electron chi connectivity index (χ0n) is 14.0. The van der Waals surface area contributed by atoms with Gasteiger partial charge in [-0.3, -0.25) is 9.59 Å². The molecule has 0 aliphatic heterocycles. The number of carbonyl (C=O) groups excluding carboxylic acids is 1. The van der Waals surface area contributed by atoms with Gasteiger partial charge in [0.15, 0.2) is 17.3 Å². The second-order valence-corrected chi connectivity index (χ2v) is 7.71. The van der Waals surface area contributed by atoms with Crippen LogP contribution in [-0.2, 0) is 4.79 Å². The highest BCUT2D eigenvalue weighted by molar-refractivity contribution is 8.76. The van der Waals surface area contributed by atoms with Crippen LogP contribution in [0.25, 0.3) is 5.69 Å². The Morgan fingerprint density at radius 3 is 2.81 bits per heavy atom. The second-order valence-electron chi connectivity index (χ2n) is 5.01. The third kappa shape index (κ3) is 5.95. The van der Waals surface area contributed by atoms with Gasteiger partial charge >= 0.3 is 5.97 Å². The lowest BCUT2D eigenvalue weighted by atomic mass is 10.3. The molecule has 0 radical (unpaired) electrons. The largest absolute Gasteiger partial charge is 0.494 e. The van der Waals surface area contributed by atoms with E-state index in [2.05, 4.69) is 10.4 Å². The number of ether oxygens (including phenoxy) is 1. The standard InChI is InChI=1S/C16H18FN3O4S2/c1-24-14-10-11(2-3-12(14)17)20-7-4-13(19-20)16(23)18-6-9-26-25-8-5-15(21)22/h2-4,7,10H,5-6,8-9H2,1H3,(H,18,23)(H,21,22). The lowest BCUT2D eigenvalue weighted by molar-refractivity contribution is -0.136. The summed E-state index contributed by atoms with van der Waals surface area (Å²) in [4.78, 5) is 22.5. The number of aromatic nitrogens is 2. The van der Waals surface area contributed by atoms with Crippen molar-refractivity contribution in [2.75, 3.05) is 25.2 Å². The van der Waals surface area contributed by atoms with E-state index in [-0.39, 0.29) is 23.8 Å². The fourth-order valence-electron chi connectivity index (χ4n) is 1.92. The van der Waals surface area contributed by atoms with Gasteiger partial charge in [-0.1, -0.05) is 21.6 Å². The first kappa shape index (κ1) is 20.1. The van der Waals surface area contributed by atoms with Crippen LogP contribution >= 0.6 is 21.6 Å². The molecule has 2 aromatic rings. The molecule has 0 aliphatic carbocycles. The van der Waals surface area contributed by atoms with Crippen LogP contribution in [0.1, 0.15) is 16.9 Å². The average Bonchev–Trinajstić information content (AvgIpc) is 3.11. The monoisotopic (exact) mass is 399 g/mol.